The Balaban J connectivity index is 1.84. The molecule has 0 atom stereocenters. The molecule has 0 saturated carbocycles. The van der Waals surface area contributed by atoms with Crippen LogP contribution in [0.15, 0.2) is 101 Å². The predicted molar refractivity (Wildman–Crippen MR) is 144 cm³/mol. The minimum atomic E-state index is -4.96. The van der Waals surface area contributed by atoms with Crippen LogP contribution in [0.5, 0.6) is 0 Å². The van der Waals surface area contributed by atoms with Gasteiger partial charge in [0.05, 0.1) is 10.6 Å². The third-order valence-corrected chi connectivity index (χ3v) is 8.33. The van der Waals surface area contributed by atoms with Crippen molar-refractivity contribution in [1.82, 2.24) is 9.97 Å². The molecule has 1 heterocycles. The first-order valence-electron chi connectivity index (χ1n) is 11.6. The number of fused-ring (bicyclic) bond motifs is 1. The summed E-state index contributed by atoms with van der Waals surface area (Å²) in [6.45, 7) is 0. The van der Waals surface area contributed by atoms with Crippen molar-refractivity contribution in [2.45, 2.75) is 16.0 Å². The van der Waals surface area contributed by atoms with Crippen molar-refractivity contribution in [2.75, 3.05) is 6.26 Å². The van der Waals surface area contributed by atoms with E-state index in [4.69, 9.17) is 0 Å². The highest BCUT2D eigenvalue weighted by Crippen LogP contribution is 2.43. The van der Waals surface area contributed by atoms with E-state index in [0.717, 1.165) is 18.5 Å². The summed E-state index contributed by atoms with van der Waals surface area (Å²) in [6.07, 6.45) is -2.91. The summed E-state index contributed by atoms with van der Waals surface area (Å²) in [6, 6.07) is 22.1. The van der Waals surface area contributed by atoms with Gasteiger partial charge in [-0.2, -0.15) is 21.6 Å². The van der Waals surface area contributed by atoms with Gasteiger partial charge in [0.15, 0.2) is 9.84 Å². The van der Waals surface area contributed by atoms with Gasteiger partial charge in [0.25, 0.3) is 10.1 Å². The minimum Gasteiger partial charge on any atom is -0.282 e. The largest absolute Gasteiger partial charge is 0.451 e. The standard InChI is InChI=1S/C28H19F3N2O5S2/c1-39(34,35)19-9-7-17(8-10-19)20-11-13-22-21(25(20)18-5-3-2-4-6-18)12-14-23(26(22)40(36,37)38)24-15-16-32-27(33-24)28(29,30)31/h2-16H,1H3,(H,36,37,38). The molecule has 0 amide bonds. The second-order valence-electron chi connectivity index (χ2n) is 8.93. The van der Waals surface area contributed by atoms with Crippen LogP contribution < -0.4 is 0 Å². The lowest BCUT2D eigenvalue weighted by atomic mass is 9.89. The minimum absolute atomic E-state index is 0.0579. The van der Waals surface area contributed by atoms with Gasteiger partial charge >= 0.3 is 6.18 Å². The van der Waals surface area contributed by atoms with Gasteiger partial charge in [0, 0.05) is 23.4 Å². The molecule has 0 fully saturated rings. The predicted octanol–water partition coefficient (Wildman–Crippen LogP) is 6.30. The first-order valence-corrected chi connectivity index (χ1v) is 14.9. The summed E-state index contributed by atoms with van der Waals surface area (Å²) in [4.78, 5) is 6.25. The molecule has 0 saturated heterocycles. The average molecular weight is 585 g/mol. The Morgan fingerprint density at radius 1 is 0.725 bits per heavy atom. The highest BCUT2D eigenvalue weighted by Gasteiger charge is 2.35. The van der Waals surface area contributed by atoms with Gasteiger partial charge in [0.1, 0.15) is 4.90 Å². The van der Waals surface area contributed by atoms with Gasteiger partial charge < -0.3 is 0 Å². The molecule has 0 spiro atoms. The van der Waals surface area contributed by atoms with Crippen molar-refractivity contribution >= 4 is 30.7 Å². The van der Waals surface area contributed by atoms with E-state index in [2.05, 4.69) is 9.97 Å². The van der Waals surface area contributed by atoms with Gasteiger partial charge in [-0.3, -0.25) is 4.55 Å². The SMILES string of the molecule is CS(=O)(=O)c1ccc(-c2ccc3c(S(=O)(=O)O)c(-c4ccnc(C(F)(F)F)n4)ccc3c2-c2ccccc2)cc1. The molecular weight excluding hydrogens is 565 g/mol. The number of hydrogen-bond donors (Lipinski definition) is 1. The van der Waals surface area contributed by atoms with Crippen LogP contribution in [0.1, 0.15) is 5.82 Å². The molecule has 12 heteroatoms. The fraction of sp³-hybridized carbons (Fsp3) is 0.0714. The Hall–Kier alpha value is -4.13. The number of rotatable bonds is 5. The van der Waals surface area contributed by atoms with E-state index in [0.29, 0.717) is 27.6 Å². The zero-order valence-corrected chi connectivity index (χ0v) is 22.2. The lowest BCUT2D eigenvalue weighted by Gasteiger charge is -2.18. The molecule has 5 rings (SSSR count). The molecule has 0 aliphatic carbocycles. The second-order valence-corrected chi connectivity index (χ2v) is 12.3. The fourth-order valence-corrected chi connectivity index (χ4v) is 6.08. The summed E-state index contributed by atoms with van der Waals surface area (Å²) in [5, 5.41) is 0.444. The van der Waals surface area contributed by atoms with Crippen LogP contribution in [-0.4, -0.2) is 37.6 Å². The third-order valence-electron chi connectivity index (χ3n) is 6.25. The molecule has 0 bridgehead atoms. The molecule has 204 valence electrons. The van der Waals surface area contributed by atoms with E-state index in [9.17, 15) is 34.6 Å². The number of alkyl halides is 3. The van der Waals surface area contributed by atoms with E-state index in [1.54, 1.807) is 54.6 Å². The number of hydrogen-bond acceptors (Lipinski definition) is 6. The Bertz CT molecular complexity index is 1980. The Labute approximate surface area is 227 Å². The zero-order valence-electron chi connectivity index (χ0n) is 20.6. The molecule has 0 aliphatic rings. The molecule has 0 radical (unpaired) electrons. The maximum absolute atomic E-state index is 13.3. The maximum Gasteiger partial charge on any atom is 0.451 e. The number of sulfone groups is 1. The maximum atomic E-state index is 13.3. The number of aromatic nitrogens is 2. The second kappa shape index (κ2) is 9.81. The Kier molecular flexibility index (Phi) is 6.73. The van der Waals surface area contributed by atoms with Crippen LogP contribution >= 0.6 is 0 Å². The van der Waals surface area contributed by atoms with Crippen molar-refractivity contribution < 1.29 is 34.6 Å². The number of benzene rings is 4. The lowest BCUT2D eigenvalue weighted by molar-refractivity contribution is -0.144. The van der Waals surface area contributed by atoms with Crippen LogP contribution in [0.25, 0.3) is 44.3 Å². The van der Waals surface area contributed by atoms with Crippen LogP contribution in [0.4, 0.5) is 13.2 Å². The van der Waals surface area contributed by atoms with Crippen LogP contribution in [0.3, 0.4) is 0 Å². The first kappa shape index (κ1) is 27.4. The van der Waals surface area contributed by atoms with Gasteiger partial charge in [-0.15, -0.1) is 0 Å². The van der Waals surface area contributed by atoms with E-state index >= 15 is 0 Å². The summed E-state index contributed by atoms with van der Waals surface area (Å²) < 4.78 is 99.4. The lowest BCUT2D eigenvalue weighted by Crippen LogP contribution is -2.11. The van der Waals surface area contributed by atoms with E-state index in [-0.39, 0.29) is 21.5 Å². The molecule has 5 aromatic rings. The first-order chi connectivity index (χ1) is 18.7. The summed E-state index contributed by atoms with van der Waals surface area (Å²) in [5.74, 6) is -1.45. The van der Waals surface area contributed by atoms with Gasteiger partial charge in [-0.25, -0.2) is 18.4 Å². The van der Waals surface area contributed by atoms with E-state index < -0.39 is 36.9 Å². The molecule has 1 N–H and O–H groups in total. The van der Waals surface area contributed by atoms with Gasteiger partial charge in [-0.1, -0.05) is 66.7 Å². The quantitative estimate of drug-likeness (QED) is 0.241. The summed E-state index contributed by atoms with van der Waals surface area (Å²) >= 11 is 0. The third kappa shape index (κ3) is 5.20. The highest BCUT2D eigenvalue weighted by molar-refractivity contribution is 7.90. The van der Waals surface area contributed by atoms with Crippen LogP contribution in [0.2, 0.25) is 0 Å². The molecule has 1 aromatic heterocycles. The monoisotopic (exact) mass is 584 g/mol. The van der Waals surface area contributed by atoms with Crippen molar-refractivity contribution in [1.29, 1.82) is 0 Å². The van der Waals surface area contributed by atoms with Crippen molar-refractivity contribution in [3.05, 3.63) is 97.0 Å². The topological polar surface area (TPSA) is 114 Å². The van der Waals surface area contributed by atoms with Crippen LogP contribution in [-0.2, 0) is 26.1 Å². The molecule has 0 unspecified atom stereocenters. The Morgan fingerprint density at radius 3 is 1.95 bits per heavy atom. The van der Waals surface area contributed by atoms with E-state index in [1.807, 2.05) is 0 Å². The van der Waals surface area contributed by atoms with Gasteiger partial charge in [0.2, 0.25) is 5.82 Å². The highest BCUT2D eigenvalue weighted by atomic mass is 32.2. The smallest absolute Gasteiger partial charge is 0.282 e. The number of nitrogens with zero attached hydrogens (tertiary/aromatic N) is 2. The molecular formula is C28H19F3N2O5S2. The molecule has 40 heavy (non-hydrogen) atoms. The molecule has 0 aliphatic heterocycles. The van der Waals surface area contributed by atoms with Gasteiger partial charge in [-0.05, 0) is 45.8 Å². The zero-order chi connectivity index (χ0) is 28.9. The normalized spacial score (nSPS) is 12.5. The van der Waals surface area contributed by atoms with Crippen molar-refractivity contribution in [2.24, 2.45) is 0 Å². The molecule has 7 nitrogen and oxygen atoms in total. The molecule has 4 aromatic carbocycles. The fourth-order valence-electron chi connectivity index (χ4n) is 4.54. The number of halogens is 3. The van der Waals surface area contributed by atoms with Crippen LogP contribution in [0, 0.1) is 0 Å². The Morgan fingerprint density at radius 2 is 1.35 bits per heavy atom. The summed E-state index contributed by atoms with van der Waals surface area (Å²) in [5.41, 5.74) is 1.96. The van der Waals surface area contributed by atoms with Crippen molar-refractivity contribution in [3.8, 4) is 33.5 Å². The summed E-state index contributed by atoms with van der Waals surface area (Å²) in [7, 11) is -8.40. The average Bonchev–Trinajstić information content (AvgIpc) is 2.91. The van der Waals surface area contributed by atoms with Crippen molar-refractivity contribution in [3.63, 3.8) is 0 Å². The van der Waals surface area contributed by atoms with E-state index in [1.165, 1.54) is 24.3 Å².